The number of rotatable bonds is 5. The Kier molecular flexibility index (Phi) is 7.31. The summed E-state index contributed by atoms with van der Waals surface area (Å²) in [6.45, 7) is 4.19. The number of likely N-dealkylation sites (N-methyl/N-ethyl adjacent to an activating group) is 1. The Bertz CT molecular complexity index is 750. The molecule has 3 atom stereocenters. The minimum absolute atomic E-state index is 0.131. The Hall–Kier alpha value is -2.07. The summed E-state index contributed by atoms with van der Waals surface area (Å²) in [7, 11) is 4.35. The lowest BCUT2D eigenvalue weighted by Crippen LogP contribution is -2.49. The van der Waals surface area contributed by atoms with Gasteiger partial charge in [0.1, 0.15) is 6.26 Å². The Morgan fingerprint density at radius 3 is 2.45 bits per heavy atom. The van der Waals surface area contributed by atoms with Gasteiger partial charge in [0, 0.05) is 38.3 Å². The van der Waals surface area contributed by atoms with Crippen LogP contribution in [0.1, 0.15) is 36.0 Å². The number of fused-ring (bicyclic) bond motifs is 1. The van der Waals surface area contributed by atoms with E-state index < -0.39 is 12.1 Å². The zero-order chi connectivity index (χ0) is 22.8. The number of amides is 1. The van der Waals surface area contributed by atoms with Crippen LogP contribution >= 0.6 is 0 Å². The van der Waals surface area contributed by atoms with Crippen molar-refractivity contribution in [2.45, 2.75) is 43.9 Å². The predicted molar refractivity (Wildman–Crippen MR) is 107 cm³/mol. The van der Waals surface area contributed by atoms with Crippen LogP contribution in [0.25, 0.3) is 0 Å². The van der Waals surface area contributed by atoms with E-state index in [0.717, 1.165) is 32.0 Å². The number of carboxylic acid groups (broad SMARTS) is 1. The summed E-state index contributed by atoms with van der Waals surface area (Å²) in [5.41, 5.74) is 0.686. The van der Waals surface area contributed by atoms with E-state index in [0.29, 0.717) is 23.6 Å². The van der Waals surface area contributed by atoms with E-state index in [9.17, 15) is 18.0 Å². The highest BCUT2D eigenvalue weighted by Gasteiger charge is 2.46. The van der Waals surface area contributed by atoms with Gasteiger partial charge in [-0.2, -0.15) is 13.2 Å². The zero-order valence-electron chi connectivity index (χ0n) is 17.8. The molecule has 1 aliphatic carbocycles. The fourth-order valence-electron chi connectivity index (χ4n) is 4.68. The smallest absolute Gasteiger partial charge is 0.475 e. The average Bonchev–Trinajstić information content (AvgIpc) is 3.21. The quantitative estimate of drug-likeness (QED) is 0.751. The van der Waals surface area contributed by atoms with Crippen molar-refractivity contribution in [1.29, 1.82) is 0 Å². The van der Waals surface area contributed by atoms with Crippen LogP contribution < -0.4 is 0 Å². The third-order valence-electron chi connectivity index (χ3n) is 6.20. The predicted octanol–water partition coefficient (Wildman–Crippen LogP) is 2.79. The number of furan rings is 1. The highest BCUT2D eigenvalue weighted by Crippen LogP contribution is 2.40. The second-order valence-electron chi connectivity index (χ2n) is 8.97. The molecular weight excluding hydrogens is 415 g/mol. The van der Waals surface area contributed by atoms with Crippen LogP contribution in [-0.2, 0) is 4.79 Å². The topological polar surface area (TPSA) is 77.2 Å². The number of likely N-dealkylation sites (tertiary alicyclic amines) is 2. The first-order valence-electron chi connectivity index (χ1n) is 10.6. The van der Waals surface area contributed by atoms with Crippen LogP contribution in [0.4, 0.5) is 13.2 Å². The van der Waals surface area contributed by atoms with E-state index in [1.54, 1.807) is 18.6 Å². The monoisotopic (exact) mass is 445 g/mol. The van der Waals surface area contributed by atoms with Crippen LogP contribution in [0.5, 0.6) is 0 Å². The van der Waals surface area contributed by atoms with E-state index in [2.05, 4.69) is 23.9 Å². The molecule has 1 aromatic heterocycles. The van der Waals surface area contributed by atoms with Crippen molar-refractivity contribution < 1.29 is 32.3 Å². The maximum absolute atomic E-state index is 12.6. The molecule has 1 N–H and O–H groups in total. The molecule has 1 saturated carbocycles. The number of nitrogens with zero attached hydrogens (tertiary/aromatic N) is 3. The van der Waals surface area contributed by atoms with Crippen LogP contribution in [-0.4, -0.2) is 90.2 Å². The van der Waals surface area contributed by atoms with Gasteiger partial charge in [0.25, 0.3) is 5.91 Å². The summed E-state index contributed by atoms with van der Waals surface area (Å²) in [6.07, 6.45) is 3.23. The van der Waals surface area contributed by atoms with Crippen LogP contribution in [0.15, 0.2) is 23.0 Å². The molecule has 1 amide bonds. The number of carbonyl (C=O) groups is 2. The van der Waals surface area contributed by atoms with Gasteiger partial charge in [-0.25, -0.2) is 4.79 Å². The van der Waals surface area contributed by atoms with Crippen LogP contribution in [0, 0.1) is 11.8 Å². The lowest BCUT2D eigenvalue weighted by molar-refractivity contribution is -0.192. The molecule has 2 aliphatic heterocycles. The van der Waals surface area contributed by atoms with Gasteiger partial charge in [0.15, 0.2) is 0 Å². The molecule has 2 saturated heterocycles. The molecule has 174 valence electrons. The molecule has 3 heterocycles. The van der Waals surface area contributed by atoms with Crippen LogP contribution in [0.3, 0.4) is 0 Å². The Morgan fingerprint density at radius 1 is 1.26 bits per heavy atom. The van der Waals surface area contributed by atoms with Crippen molar-refractivity contribution in [3.05, 3.63) is 24.2 Å². The third kappa shape index (κ3) is 6.22. The highest BCUT2D eigenvalue weighted by molar-refractivity contribution is 5.93. The molecule has 10 heteroatoms. The molecule has 3 fully saturated rings. The Morgan fingerprint density at radius 2 is 1.94 bits per heavy atom. The summed E-state index contributed by atoms with van der Waals surface area (Å²) >= 11 is 0. The van der Waals surface area contributed by atoms with Gasteiger partial charge in [-0.05, 0) is 57.7 Å². The zero-order valence-corrected chi connectivity index (χ0v) is 17.8. The normalized spacial score (nSPS) is 26.4. The van der Waals surface area contributed by atoms with E-state index in [4.69, 9.17) is 14.3 Å². The molecule has 0 aromatic carbocycles. The molecule has 0 radical (unpaired) electrons. The molecule has 1 aromatic rings. The molecule has 31 heavy (non-hydrogen) atoms. The maximum atomic E-state index is 12.6. The number of aliphatic carboxylic acids is 1. The van der Waals surface area contributed by atoms with Crippen molar-refractivity contribution in [2.75, 3.05) is 40.3 Å². The van der Waals surface area contributed by atoms with Crippen molar-refractivity contribution in [2.24, 2.45) is 11.8 Å². The molecule has 7 nitrogen and oxygen atoms in total. The number of carboxylic acids is 1. The summed E-state index contributed by atoms with van der Waals surface area (Å²) in [5, 5.41) is 7.12. The summed E-state index contributed by atoms with van der Waals surface area (Å²) in [5.74, 6) is -1.07. The van der Waals surface area contributed by atoms with Gasteiger partial charge >= 0.3 is 12.1 Å². The first-order valence-corrected chi connectivity index (χ1v) is 10.6. The molecular formula is C21H30F3N3O4. The number of hydrogen-bond acceptors (Lipinski definition) is 5. The van der Waals surface area contributed by atoms with E-state index >= 15 is 0 Å². The molecule has 0 spiro atoms. The standard InChI is InChI=1S/C19H29N3O2.C2HF3O2/c1-20(2)12-17-9-16-11-21(19(23)15-6-8-24-13-15)7-5-18(16)22(17)10-14-3-4-14;3-2(4,5)1(6)7/h6,8,13-14,16-18H,3-5,7,9-12H2,1-2H3;(H,6,7)/t16-,17+,18+;/m1./s1. The maximum Gasteiger partial charge on any atom is 0.490 e. The Labute approximate surface area is 179 Å². The number of alkyl halides is 3. The van der Waals surface area contributed by atoms with Gasteiger partial charge < -0.3 is 19.3 Å². The van der Waals surface area contributed by atoms with Gasteiger partial charge in [-0.3, -0.25) is 9.69 Å². The fraction of sp³-hybridized carbons (Fsp3) is 0.714. The molecule has 3 aliphatic rings. The van der Waals surface area contributed by atoms with Crippen molar-refractivity contribution in [1.82, 2.24) is 14.7 Å². The van der Waals surface area contributed by atoms with E-state index in [1.165, 1.54) is 25.8 Å². The Balaban J connectivity index is 0.000000339. The number of hydrogen-bond donors (Lipinski definition) is 1. The fourth-order valence-corrected chi connectivity index (χ4v) is 4.68. The number of halogens is 3. The van der Waals surface area contributed by atoms with E-state index in [1.807, 2.05) is 4.90 Å². The summed E-state index contributed by atoms with van der Waals surface area (Å²) in [6, 6.07) is 3.10. The summed E-state index contributed by atoms with van der Waals surface area (Å²) < 4.78 is 36.8. The average molecular weight is 445 g/mol. The largest absolute Gasteiger partial charge is 0.490 e. The van der Waals surface area contributed by atoms with Gasteiger partial charge in [0.2, 0.25) is 0 Å². The highest BCUT2D eigenvalue weighted by atomic mass is 19.4. The van der Waals surface area contributed by atoms with Crippen molar-refractivity contribution >= 4 is 11.9 Å². The molecule has 0 bridgehead atoms. The van der Waals surface area contributed by atoms with Crippen molar-refractivity contribution in [3.63, 3.8) is 0 Å². The van der Waals surface area contributed by atoms with Crippen molar-refractivity contribution in [3.8, 4) is 0 Å². The SMILES string of the molecule is CN(C)C[C@@H]1C[C@@H]2CN(C(=O)c3ccoc3)CC[C@@H]2N1CC1CC1.O=C(O)C(F)(F)F. The van der Waals surface area contributed by atoms with E-state index in [-0.39, 0.29) is 5.91 Å². The first-order chi connectivity index (χ1) is 14.6. The minimum Gasteiger partial charge on any atom is -0.475 e. The second kappa shape index (κ2) is 9.60. The third-order valence-corrected chi connectivity index (χ3v) is 6.20. The van der Waals surface area contributed by atoms with Crippen LogP contribution in [0.2, 0.25) is 0 Å². The van der Waals surface area contributed by atoms with Gasteiger partial charge in [-0.1, -0.05) is 0 Å². The minimum atomic E-state index is -5.08. The molecule has 0 unspecified atom stereocenters. The van der Waals surface area contributed by atoms with Gasteiger partial charge in [-0.15, -0.1) is 0 Å². The first kappa shape index (κ1) is 23.6. The summed E-state index contributed by atoms with van der Waals surface area (Å²) in [4.78, 5) is 28.7. The molecule has 4 rings (SSSR count). The number of piperidine rings is 1. The van der Waals surface area contributed by atoms with Gasteiger partial charge in [0.05, 0.1) is 11.8 Å². The lowest BCUT2D eigenvalue weighted by Gasteiger charge is -2.39. The number of carbonyl (C=O) groups excluding carboxylic acids is 1. The lowest BCUT2D eigenvalue weighted by atomic mass is 9.91. The second-order valence-corrected chi connectivity index (χ2v) is 8.97.